The van der Waals surface area contributed by atoms with E-state index in [1.165, 1.54) is 12.1 Å². The number of Topliss-reactive ketones (excluding diaryl/α,β-unsaturated/α-hetero) is 1. The molecule has 0 heterocycles. The summed E-state index contributed by atoms with van der Waals surface area (Å²) in [5.41, 5.74) is 1.36. The Morgan fingerprint density at radius 3 is 2.57 bits per heavy atom. The van der Waals surface area contributed by atoms with Crippen LogP contribution in [0.3, 0.4) is 0 Å². The molecule has 2 rings (SSSR count). The van der Waals surface area contributed by atoms with Crippen molar-refractivity contribution in [2.75, 3.05) is 13.2 Å². The van der Waals surface area contributed by atoms with Gasteiger partial charge in [-0.3, -0.25) is 4.79 Å². The zero-order valence-corrected chi connectivity index (χ0v) is 16.9. The van der Waals surface area contributed by atoms with Gasteiger partial charge < -0.3 is 20.3 Å². The maximum atomic E-state index is 12.7. The number of nitrogens with one attached hydrogen (secondary N) is 1. The van der Waals surface area contributed by atoms with Gasteiger partial charge in [0.1, 0.15) is 24.2 Å². The number of hydrogen-bond acceptors (Lipinski definition) is 5. The Labute approximate surface area is 167 Å². The first-order chi connectivity index (χ1) is 13.3. The molecule has 1 atom stereocenters. The lowest BCUT2D eigenvalue weighted by molar-refractivity contribution is 0.0926. The second-order valence-electron chi connectivity index (χ2n) is 7.67. The van der Waals surface area contributed by atoms with Crippen molar-refractivity contribution in [2.45, 2.75) is 51.7 Å². The first-order valence-electron chi connectivity index (χ1n) is 9.77. The van der Waals surface area contributed by atoms with Gasteiger partial charge in [0.25, 0.3) is 0 Å². The van der Waals surface area contributed by atoms with Crippen LogP contribution in [-0.2, 0) is 6.42 Å². The SMILES string of the molecule is CCC(C)(C)NCC(O)COc1ccc(O)cc1C(=O)CCc1ccccc1. The Morgan fingerprint density at radius 2 is 1.89 bits per heavy atom. The third kappa shape index (κ3) is 6.98. The van der Waals surface area contributed by atoms with Gasteiger partial charge >= 0.3 is 0 Å². The molecule has 0 amide bonds. The van der Waals surface area contributed by atoms with Gasteiger partial charge in [-0.2, -0.15) is 0 Å². The van der Waals surface area contributed by atoms with E-state index in [-0.39, 0.29) is 23.7 Å². The van der Waals surface area contributed by atoms with Gasteiger partial charge in [-0.15, -0.1) is 0 Å². The minimum Gasteiger partial charge on any atom is -0.508 e. The highest BCUT2D eigenvalue weighted by atomic mass is 16.5. The summed E-state index contributed by atoms with van der Waals surface area (Å²) in [4.78, 5) is 12.7. The van der Waals surface area contributed by atoms with Crippen LogP contribution in [0.15, 0.2) is 48.5 Å². The third-order valence-corrected chi connectivity index (χ3v) is 4.88. The quantitative estimate of drug-likeness (QED) is 0.514. The van der Waals surface area contributed by atoms with Gasteiger partial charge in [0.2, 0.25) is 0 Å². The van der Waals surface area contributed by atoms with E-state index >= 15 is 0 Å². The Balaban J connectivity index is 1.96. The van der Waals surface area contributed by atoms with Crippen molar-refractivity contribution < 1.29 is 19.7 Å². The molecule has 1 unspecified atom stereocenters. The van der Waals surface area contributed by atoms with Gasteiger partial charge in [0, 0.05) is 18.5 Å². The molecule has 0 saturated carbocycles. The average molecular weight is 386 g/mol. The lowest BCUT2D eigenvalue weighted by Gasteiger charge is -2.26. The summed E-state index contributed by atoms with van der Waals surface area (Å²) in [6.45, 7) is 6.69. The fraction of sp³-hybridized carbons (Fsp3) is 0.435. The lowest BCUT2D eigenvalue weighted by atomic mass is 10.0. The Hall–Kier alpha value is -2.37. The number of phenolic OH excluding ortho intramolecular Hbond substituents is 1. The van der Waals surface area contributed by atoms with E-state index in [2.05, 4.69) is 26.1 Å². The number of benzene rings is 2. The molecule has 3 N–H and O–H groups in total. The number of aliphatic hydroxyl groups is 1. The number of aryl methyl sites for hydroxylation is 1. The van der Waals surface area contributed by atoms with Crippen LogP contribution in [0.25, 0.3) is 0 Å². The van der Waals surface area contributed by atoms with E-state index in [1.807, 2.05) is 30.3 Å². The molecule has 2 aromatic rings. The first-order valence-corrected chi connectivity index (χ1v) is 9.77. The normalized spacial score (nSPS) is 12.6. The van der Waals surface area contributed by atoms with Crippen molar-refractivity contribution >= 4 is 5.78 Å². The van der Waals surface area contributed by atoms with Gasteiger partial charge in [-0.25, -0.2) is 0 Å². The number of phenols is 1. The molecule has 0 radical (unpaired) electrons. The summed E-state index contributed by atoms with van der Waals surface area (Å²) in [5.74, 6) is 0.293. The van der Waals surface area contributed by atoms with Crippen LogP contribution in [0.5, 0.6) is 11.5 Å². The number of ketones is 1. The second-order valence-corrected chi connectivity index (χ2v) is 7.67. The third-order valence-electron chi connectivity index (χ3n) is 4.88. The van der Waals surface area contributed by atoms with E-state index in [1.54, 1.807) is 6.07 Å². The van der Waals surface area contributed by atoms with E-state index in [9.17, 15) is 15.0 Å². The molecular weight excluding hydrogens is 354 g/mol. The van der Waals surface area contributed by atoms with E-state index < -0.39 is 6.10 Å². The maximum absolute atomic E-state index is 12.7. The summed E-state index contributed by atoms with van der Waals surface area (Å²) in [6, 6.07) is 14.3. The number of ether oxygens (including phenoxy) is 1. The van der Waals surface area contributed by atoms with Crippen molar-refractivity contribution in [2.24, 2.45) is 0 Å². The molecular formula is C23H31NO4. The molecule has 2 aromatic carbocycles. The van der Waals surface area contributed by atoms with E-state index in [4.69, 9.17) is 4.74 Å². The van der Waals surface area contributed by atoms with Gasteiger partial charge in [-0.1, -0.05) is 37.3 Å². The van der Waals surface area contributed by atoms with Crippen LogP contribution in [0, 0.1) is 0 Å². The fourth-order valence-corrected chi connectivity index (χ4v) is 2.66. The number of β-amino-alcohol motifs (C(OH)–C–C–N with tert-alkyl or cyclic N) is 1. The number of rotatable bonds is 11. The standard InChI is InChI=1S/C23H31NO4/c1-4-23(2,3)24-15-19(26)16-28-22-13-11-18(25)14-20(22)21(27)12-10-17-8-6-5-7-9-17/h5-9,11,13-14,19,24-26H,4,10,12,15-16H2,1-3H3. The van der Waals surface area contributed by atoms with Crippen LogP contribution < -0.4 is 10.1 Å². The highest BCUT2D eigenvalue weighted by molar-refractivity contribution is 5.99. The maximum Gasteiger partial charge on any atom is 0.167 e. The van der Waals surface area contributed by atoms with Crippen LogP contribution in [0.1, 0.15) is 49.5 Å². The molecule has 5 heteroatoms. The monoisotopic (exact) mass is 385 g/mol. The molecule has 0 fully saturated rings. The largest absolute Gasteiger partial charge is 0.508 e. The van der Waals surface area contributed by atoms with Crippen molar-refractivity contribution in [1.82, 2.24) is 5.32 Å². The van der Waals surface area contributed by atoms with Gasteiger partial charge in [0.15, 0.2) is 5.78 Å². The fourth-order valence-electron chi connectivity index (χ4n) is 2.66. The summed E-state index contributed by atoms with van der Waals surface area (Å²) in [5, 5.41) is 23.3. The number of aliphatic hydroxyl groups excluding tert-OH is 1. The molecule has 28 heavy (non-hydrogen) atoms. The summed E-state index contributed by atoms with van der Waals surface area (Å²) in [6.07, 6.45) is 1.18. The predicted octanol–water partition coefficient (Wildman–Crippen LogP) is 3.73. The van der Waals surface area contributed by atoms with E-state index in [0.717, 1.165) is 12.0 Å². The van der Waals surface area contributed by atoms with Crippen molar-refractivity contribution in [3.63, 3.8) is 0 Å². The topological polar surface area (TPSA) is 78.8 Å². The molecule has 5 nitrogen and oxygen atoms in total. The number of aromatic hydroxyl groups is 1. The predicted molar refractivity (Wildman–Crippen MR) is 111 cm³/mol. The van der Waals surface area contributed by atoms with Crippen LogP contribution in [-0.4, -0.2) is 40.8 Å². The highest BCUT2D eigenvalue weighted by Gasteiger charge is 2.18. The Bertz CT molecular complexity index is 758. The van der Waals surface area contributed by atoms with Crippen LogP contribution >= 0.6 is 0 Å². The molecule has 0 saturated heterocycles. The zero-order chi connectivity index (χ0) is 20.6. The Kier molecular flexibility index (Phi) is 8.03. The molecule has 152 valence electrons. The van der Waals surface area contributed by atoms with Crippen LogP contribution in [0.2, 0.25) is 0 Å². The summed E-state index contributed by atoms with van der Waals surface area (Å²) in [7, 11) is 0. The van der Waals surface area contributed by atoms with Gasteiger partial charge in [0.05, 0.1) is 5.56 Å². The average Bonchev–Trinajstić information content (AvgIpc) is 2.70. The minimum atomic E-state index is -0.702. The molecule has 0 aliphatic carbocycles. The molecule has 0 bridgehead atoms. The lowest BCUT2D eigenvalue weighted by Crippen LogP contribution is -2.44. The molecule has 0 spiro atoms. The van der Waals surface area contributed by atoms with Crippen LogP contribution in [0.4, 0.5) is 0 Å². The number of carbonyl (C=O) groups is 1. The second kappa shape index (κ2) is 10.2. The highest BCUT2D eigenvalue weighted by Crippen LogP contribution is 2.25. The molecule has 0 aliphatic heterocycles. The van der Waals surface area contributed by atoms with Gasteiger partial charge in [-0.05, 0) is 50.5 Å². The smallest absolute Gasteiger partial charge is 0.167 e. The van der Waals surface area contributed by atoms with Crippen molar-refractivity contribution in [3.05, 3.63) is 59.7 Å². The summed E-state index contributed by atoms with van der Waals surface area (Å²) < 4.78 is 5.70. The summed E-state index contributed by atoms with van der Waals surface area (Å²) >= 11 is 0. The number of hydrogen-bond donors (Lipinski definition) is 3. The number of carbonyl (C=O) groups excluding carboxylic acids is 1. The Morgan fingerprint density at radius 1 is 1.18 bits per heavy atom. The van der Waals surface area contributed by atoms with E-state index in [0.29, 0.717) is 30.7 Å². The first kappa shape index (κ1) is 21.9. The van der Waals surface area contributed by atoms with Crippen molar-refractivity contribution in [3.8, 4) is 11.5 Å². The minimum absolute atomic E-state index is 0.0160. The van der Waals surface area contributed by atoms with Crippen molar-refractivity contribution in [1.29, 1.82) is 0 Å². The molecule has 0 aliphatic rings. The molecule has 0 aromatic heterocycles. The zero-order valence-electron chi connectivity index (χ0n) is 16.9.